The molecule has 0 amide bonds. The van der Waals surface area contributed by atoms with Crippen LogP contribution in [0, 0.1) is 0 Å². The number of nitrogens with zero attached hydrogens (tertiary/aromatic N) is 1. The second-order valence-corrected chi connectivity index (χ2v) is 4.05. The van der Waals surface area contributed by atoms with Gasteiger partial charge in [0.05, 0.1) is 5.52 Å². The molecule has 19 heavy (non-hydrogen) atoms. The lowest BCUT2D eigenvalue weighted by atomic mass is 10.2. The second kappa shape index (κ2) is 5.44. The number of hydrogen-bond donors (Lipinski definition) is 1. The normalized spacial score (nSPS) is 13.5. The van der Waals surface area contributed by atoms with Crippen molar-refractivity contribution in [3.8, 4) is 5.75 Å². The minimum Gasteiger partial charge on any atom is -0.480 e. The summed E-state index contributed by atoms with van der Waals surface area (Å²) in [4.78, 5) is 4.07. The molecule has 0 saturated carbocycles. The molecule has 0 saturated heterocycles. The predicted molar refractivity (Wildman–Crippen MR) is 65.9 cm³/mol. The lowest BCUT2D eigenvalue weighted by molar-refractivity contribution is -0.195. The van der Waals surface area contributed by atoms with Crippen LogP contribution < -0.4 is 10.5 Å². The van der Waals surface area contributed by atoms with Crippen LogP contribution in [0.3, 0.4) is 0 Å². The fourth-order valence-corrected chi connectivity index (χ4v) is 1.77. The Morgan fingerprint density at radius 3 is 2.68 bits per heavy atom. The van der Waals surface area contributed by atoms with Crippen LogP contribution in [0.4, 0.5) is 13.2 Å². The molecule has 6 heteroatoms. The van der Waals surface area contributed by atoms with Crippen LogP contribution in [0.1, 0.15) is 6.42 Å². The highest BCUT2D eigenvalue weighted by atomic mass is 19.4. The van der Waals surface area contributed by atoms with Crippen LogP contribution in [0.5, 0.6) is 5.75 Å². The molecule has 0 fully saturated rings. The predicted octanol–water partition coefficient (Wildman–Crippen LogP) is 2.89. The third-order valence-electron chi connectivity index (χ3n) is 2.67. The van der Waals surface area contributed by atoms with E-state index in [2.05, 4.69) is 4.98 Å². The summed E-state index contributed by atoms with van der Waals surface area (Å²) in [5.41, 5.74) is 5.79. The number of rotatable bonds is 4. The fraction of sp³-hybridized carbons (Fsp3) is 0.308. The lowest BCUT2D eigenvalue weighted by Gasteiger charge is -2.21. The number of aromatic nitrogens is 1. The van der Waals surface area contributed by atoms with Gasteiger partial charge in [-0.05, 0) is 30.8 Å². The first-order chi connectivity index (χ1) is 9.02. The van der Waals surface area contributed by atoms with E-state index in [0.29, 0.717) is 10.9 Å². The van der Waals surface area contributed by atoms with Gasteiger partial charge in [-0.2, -0.15) is 13.2 Å². The van der Waals surface area contributed by atoms with Crippen LogP contribution in [0.15, 0.2) is 36.5 Å². The number of pyridine rings is 1. The Balaban J connectivity index is 2.34. The van der Waals surface area contributed by atoms with Gasteiger partial charge < -0.3 is 10.5 Å². The van der Waals surface area contributed by atoms with Crippen LogP contribution in [0.25, 0.3) is 10.9 Å². The van der Waals surface area contributed by atoms with Gasteiger partial charge in [0.1, 0.15) is 5.75 Å². The van der Waals surface area contributed by atoms with E-state index in [4.69, 9.17) is 10.5 Å². The van der Waals surface area contributed by atoms with Gasteiger partial charge in [0.2, 0.25) is 0 Å². The minimum absolute atomic E-state index is 0.0901. The highest BCUT2D eigenvalue weighted by Gasteiger charge is 2.41. The standard InChI is InChI=1S/C13H13F3N2O/c14-13(15,16)12(6-7-17)19-11-5-1-4-10-9(11)3-2-8-18-10/h1-5,8,12H,6-7,17H2. The molecule has 1 heterocycles. The fourth-order valence-electron chi connectivity index (χ4n) is 1.77. The molecule has 3 nitrogen and oxygen atoms in total. The van der Waals surface area contributed by atoms with Crippen molar-refractivity contribution in [2.75, 3.05) is 6.54 Å². The molecular formula is C13H13F3N2O. The van der Waals surface area contributed by atoms with Crippen molar-refractivity contribution in [3.05, 3.63) is 36.5 Å². The molecule has 0 spiro atoms. The van der Waals surface area contributed by atoms with Crippen molar-refractivity contribution in [2.24, 2.45) is 5.73 Å². The molecule has 2 aromatic rings. The van der Waals surface area contributed by atoms with Gasteiger partial charge in [-0.3, -0.25) is 4.98 Å². The molecule has 0 radical (unpaired) electrons. The number of hydrogen-bond acceptors (Lipinski definition) is 3. The van der Waals surface area contributed by atoms with E-state index in [1.54, 1.807) is 30.5 Å². The Hall–Kier alpha value is -1.82. The second-order valence-electron chi connectivity index (χ2n) is 4.05. The van der Waals surface area contributed by atoms with Crippen LogP contribution in [-0.4, -0.2) is 23.8 Å². The molecule has 1 aromatic carbocycles. The van der Waals surface area contributed by atoms with Crippen molar-refractivity contribution in [3.63, 3.8) is 0 Å². The zero-order valence-electron chi connectivity index (χ0n) is 10.0. The summed E-state index contributed by atoms with van der Waals surface area (Å²) >= 11 is 0. The molecule has 102 valence electrons. The molecule has 0 aliphatic heterocycles. The molecule has 1 atom stereocenters. The molecule has 1 aromatic heterocycles. The van der Waals surface area contributed by atoms with E-state index in [-0.39, 0.29) is 18.7 Å². The maximum atomic E-state index is 12.8. The first-order valence-electron chi connectivity index (χ1n) is 5.79. The van der Waals surface area contributed by atoms with Gasteiger partial charge in [-0.1, -0.05) is 6.07 Å². The summed E-state index contributed by atoms with van der Waals surface area (Å²) < 4.78 is 43.5. The number of fused-ring (bicyclic) bond motifs is 1. The van der Waals surface area contributed by atoms with Gasteiger partial charge in [0, 0.05) is 18.0 Å². The van der Waals surface area contributed by atoms with Gasteiger partial charge in [-0.25, -0.2) is 0 Å². The zero-order chi connectivity index (χ0) is 13.9. The monoisotopic (exact) mass is 270 g/mol. The number of ether oxygens (including phenoxy) is 1. The van der Waals surface area contributed by atoms with Crippen LogP contribution in [0.2, 0.25) is 0 Å². The van der Waals surface area contributed by atoms with E-state index >= 15 is 0 Å². The number of alkyl halides is 3. The molecule has 2 rings (SSSR count). The quantitative estimate of drug-likeness (QED) is 0.929. The maximum absolute atomic E-state index is 12.8. The molecular weight excluding hydrogens is 257 g/mol. The van der Waals surface area contributed by atoms with Gasteiger partial charge in [-0.15, -0.1) is 0 Å². The summed E-state index contributed by atoms with van der Waals surface area (Å²) in [7, 11) is 0. The number of benzene rings is 1. The van der Waals surface area contributed by atoms with Crippen molar-refractivity contribution in [2.45, 2.75) is 18.7 Å². The summed E-state index contributed by atoms with van der Waals surface area (Å²) in [6.45, 7) is -0.0901. The minimum atomic E-state index is -4.44. The van der Waals surface area contributed by atoms with Crippen molar-refractivity contribution in [1.82, 2.24) is 4.98 Å². The summed E-state index contributed by atoms with van der Waals surface area (Å²) in [5, 5.41) is 0.552. The summed E-state index contributed by atoms with van der Waals surface area (Å²) in [6.07, 6.45) is -5.04. The Morgan fingerprint density at radius 2 is 2.00 bits per heavy atom. The molecule has 0 aliphatic rings. The van der Waals surface area contributed by atoms with Crippen molar-refractivity contribution >= 4 is 10.9 Å². The SMILES string of the molecule is NCCC(Oc1cccc2ncccc12)C(F)(F)F. The van der Waals surface area contributed by atoms with Crippen LogP contribution in [-0.2, 0) is 0 Å². The maximum Gasteiger partial charge on any atom is 0.425 e. The topological polar surface area (TPSA) is 48.1 Å². The smallest absolute Gasteiger partial charge is 0.425 e. The van der Waals surface area contributed by atoms with Crippen LogP contribution >= 0.6 is 0 Å². The largest absolute Gasteiger partial charge is 0.480 e. The molecule has 0 bridgehead atoms. The first-order valence-corrected chi connectivity index (χ1v) is 5.79. The summed E-state index contributed by atoms with van der Waals surface area (Å²) in [6, 6.07) is 8.15. The zero-order valence-corrected chi connectivity index (χ0v) is 10.0. The molecule has 2 N–H and O–H groups in total. The Morgan fingerprint density at radius 1 is 1.21 bits per heavy atom. The van der Waals surface area contributed by atoms with Crippen molar-refractivity contribution < 1.29 is 17.9 Å². The Bertz CT molecular complexity index is 552. The Kier molecular flexibility index (Phi) is 3.90. The van der Waals surface area contributed by atoms with Gasteiger partial charge in [0.25, 0.3) is 0 Å². The molecule has 0 aliphatic carbocycles. The van der Waals surface area contributed by atoms with E-state index in [1.807, 2.05) is 0 Å². The highest BCUT2D eigenvalue weighted by Crippen LogP contribution is 2.30. The van der Waals surface area contributed by atoms with Gasteiger partial charge >= 0.3 is 6.18 Å². The van der Waals surface area contributed by atoms with Gasteiger partial charge in [0.15, 0.2) is 6.10 Å². The third kappa shape index (κ3) is 3.14. The molecule has 1 unspecified atom stereocenters. The first kappa shape index (κ1) is 13.6. The highest BCUT2D eigenvalue weighted by molar-refractivity contribution is 5.84. The number of nitrogens with two attached hydrogens (primary N) is 1. The summed E-state index contributed by atoms with van der Waals surface area (Å²) in [5.74, 6) is 0.168. The van der Waals surface area contributed by atoms with E-state index in [0.717, 1.165) is 0 Å². The average molecular weight is 270 g/mol. The van der Waals surface area contributed by atoms with E-state index < -0.39 is 12.3 Å². The van der Waals surface area contributed by atoms with E-state index in [9.17, 15) is 13.2 Å². The average Bonchev–Trinajstić information content (AvgIpc) is 2.37. The van der Waals surface area contributed by atoms with E-state index in [1.165, 1.54) is 6.07 Å². The Labute approximate surface area is 108 Å². The number of halogens is 3. The lowest BCUT2D eigenvalue weighted by Crippen LogP contribution is -2.36. The third-order valence-corrected chi connectivity index (χ3v) is 2.67. The van der Waals surface area contributed by atoms with Crippen molar-refractivity contribution in [1.29, 1.82) is 0 Å².